The third-order valence-electron chi connectivity index (χ3n) is 1.34. The zero-order valence-electron chi connectivity index (χ0n) is 6.46. The lowest BCUT2D eigenvalue weighted by Gasteiger charge is -2.07. The molecule has 0 spiro atoms. The van der Waals surface area contributed by atoms with Crippen LogP contribution in [-0.2, 0) is 0 Å². The minimum atomic E-state index is 0.430. The molecule has 1 rings (SSSR count). The Bertz CT molecular complexity index is 242. The minimum absolute atomic E-state index is 0.430. The lowest BCUT2D eigenvalue weighted by molar-refractivity contribution is 0.334. The molecule has 0 unspecified atom stereocenters. The van der Waals surface area contributed by atoms with Gasteiger partial charge in [-0.15, -0.1) is 11.6 Å². The van der Waals surface area contributed by atoms with Gasteiger partial charge in [-0.25, -0.2) is 0 Å². The Morgan fingerprint density at radius 2 is 2.17 bits per heavy atom. The van der Waals surface area contributed by atoms with E-state index in [1.807, 2.05) is 11.5 Å². The minimum Gasteiger partial charge on any atom is -0.490 e. The molecule has 2 N–H and O–H groups in total. The topological polar surface area (TPSA) is 41.5 Å². The summed E-state index contributed by atoms with van der Waals surface area (Å²) in [7, 11) is 0. The summed E-state index contributed by atoms with van der Waals surface area (Å²) in [5, 5.41) is 8.65. The number of rotatable bonds is 4. The average molecular weight is 188 g/mol. The van der Waals surface area contributed by atoms with E-state index in [0.717, 1.165) is 0 Å². The van der Waals surface area contributed by atoms with E-state index in [-0.39, 0.29) is 0 Å². The fraction of sp³-hybridized carbons (Fsp3) is 0.250. The molecule has 4 heteroatoms. The summed E-state index contributed by atoms with van der Waals surface area (Å²) in [6.45, 7) is 0.431. The van der Waals surface area contributed by atoms with Gasteiger partial charge in [0.05, 0.1) is 5.88 Å². The van der Waals surface area contributed by atoms with Gasteiger partial charge in [-0.05, 0) is 12.1 Å². The summed E-state index contributed by atoms with van der Waals surface area (Å²) in [5.74, 6) is 1.03. The molecule has 0 amide bonds. The maximum Gasteiger partial charge on any atom is 0.144 e. The first-order valence-electron chi connectivity index (χ1n) is 3.56. The first kappa shape index (κ1) is 9.16. The summed E-state index contributed by atoms with van der Waals surface area (Å²) in [5.41, 5.74) is 2.58. The van der Waals surface area contributed by atoms with Crippen LogP contribution in [0.5, 0.6) is 5.75 Å². The number of alkyl halides is 1. The average Bonchev–Trinajstić information content (AvgIpc) is 2.15. The van der Waals surface area contributed by atoms with Crippen LogP contribution in [-0.4, -0.2) is 17.7 Å². The Labute approximate surface area is 75.9 Å². The summed E-state index contributed by atoms with van der Waals surface area (Å²) < 4.78 is 5.22. The molecule has 66 valence electrons. The van der Waals surface area contributed by atoms with Crippen molar-refractivity contribution in [2.24, 2.45) is 0 Å². The zero-order valence-corrected chi connectivity index (χ0v) is 7.21. The molecule has 0 bridgehead atoms. The Hall–Kier alpha value is -0.930. The fourth-order valence-corrected chi connectivity index (χ4v) is 0.911. The molecule has 1 aromatic rings. The summed E-state index contributed by atoms with van der Waals surface area (Å²) in [6, 6.07) is 7.09. The van der Waals surface area contributed by atoms with Gasteiger partial charge in [0.25, 0.3) is 0 Å². The van der Waals surface area contributed by atoms with Crippen molar-refractivity contribution in [1.82, 2.24) is 0 Å². The van der Waals surface area contributed by atoms with E-state index in [1.54, 1.807) is 18.2 Å². The number of halogens is 1. The van der Waals surface area contributed by atoms with Crippen molar-refractivity contribution in [3.05, 3.63) is 24.3 Å². The van der Waals surface area contributed by atoms with Crippen LogP contribution in [0.15, 0.2) is 24.3 Å². The number of hydrogen-bond acceptors (Lipinski definition) is 3. The van der Waals surface area contributed by atoms with Crippen LogP contribution < -0.4 is 10.2 Å². The summed E-state index contributed by atoms with van der Waals surface area (Å²) >= 11 is 5.44. The normalized spacial score (nSPS) is 9.50. The first-order chi connectivity index (χ1) is 5.88. The predicted octanol–water partition coefficient (Wildman–Crippen LogP) is 2.11. The number of hydrogen-bond donors (Lipinski definition) is 2. The van der Waals surface area contributed by atoms with Crippen molar-refractivity contribution in [3.8, 4) is 5.75 Å². The van der Waals surface area contributed by atoms with Crippen molar-refractivity contribution in [1.29, 1.82) is 0 Å². The van der Waals surface area contributed by atoms with Crippen LogP contribution in [0.25, 0.3) is 0 Å². The molecule has 1 aromatic carbocycles. The summed E-state index contributed by atoms with van der Waals surface area (Å²) in [6.07, 6.45) is 0. The van der Waals surface area contributed by atoms with Gasteiger partial charge >= 0.3 is 0 Å². The van der Waals surface area contributed by atoms with Crippen LogP contribution in [0, 0.1) is 0 Å². The molecule has 0 fully saturated rings. The highest BCUT2D eigenvalue weighted by Crippen LogP contribution is 2.22. The van der Waals surface area contributed by atoms with E-state index in [9.17, 15) is 0 Å². The van der Waals surface area contributed by atoms with Crippen LogP contribution in [0.1, 0.15) is 0 Å². The Morgan fingerprint density at radius 3 is 2.83 bits per heavy atom. The first-order valence-corrected chi connectivity index (χ1v) is 4.10. The van der Waals surface area contributed by atoms with Gasteiger partial charge in [0.15, 0.2) is 0 Å². The quantitative estimate of drug-likeness (QED) is 0.561. The molecular weight excluding hydrogens is 178 g/mol. The van der Waals surface area contributed by atoms with Gasteiger partial charge in [0.1, 0.15) is 18.0 Å². The summed E-state index contributed by atoms with van der Waals surface area (Å²) in [4.78, 5) is 0. The Kier molecular flexibility index (Phi) is 3.70. The van der Waals surface area contributed by atoms with Gasteiger partial charge in [0, 0.05) is 0 Å². The van der Waals surface area contributed by atoms with Crippen molar-refractivity contribution in [3.63, 3.8) is 0 Å². The van der Waals surface area contributed by atoms with Gasteiger partial charge in [-0.1, -0.05) is 12.1 Å². The van der Waals surface area contributed by atoms with Gasteiger partial charge in [-0.3, -0.25) is 10.7 Å². The molecule has 12 heavy (non-hydrogen) atoms. The second kappa shape index (κ2) is 4.85. The van der Waals surface area contributed by atoms with Gasteiger partial charge in [0.2, 0.25) is 0 Å². The number of anilines is 1. The molecule has 0 atom stereocenters. The van der Waals surface area contributed by atoms with E-state index in [1.165, 1.54) is 0 Å². The molecular formula is C8H10ClNO2. The highest BCUT2D eigenvalue weighted by atomic mass is 35.5. The van der Waals surface area contributed by atoms with E-state index in [0.29, 0.717) is 23.9 Å². The Morgan fingerprint density at radius 1 is 1.42 bits per heavy atom. The molecule has 0 saturated carbocycles. The van der Waals surface area contributed by atoms with E-state index < -0.39 is 0 Å². The van der Waals surface area contributed by atoms with E-state index >= 15 is 0 Å². The largest absolute Gasteiger partial charge is 0.490 e. The zero-order chi connectivity index (χ0) is 8.81. The fourth-order valence-electron chi connectivity index (χ4n) is 0.833. The van der Waals surface area contributed by atoms with Crippen molar-refractivity contribution < 1.29 is 9.94 Å². The number of nitrogens with one attached hydrogen (secondary N) is 1. The molecule has 0 aliphatic rings. The van der Waals surface area contributed by atoms with Crippen LogP contribution in [0.4, 0.5) is 5.69 Å². The number of benzene rings is 1. The van der Waals surface area contributed by atoms with Crippen LogP contribution in [0.3, 0.4) is 0 Å². The maximum atomic E-state index is 8.65. The third-order valence-corrected chi connectivity index (χ3v) is 1.50. The monoisotopic (exact) mass is 187 g/mol. The van der Waals surface area contributed by atoms with Crippen LogP contribution in [0.2, 0.25) is 0 Å². The highest BCUT2D eigenvalue weighted by molar-refractivity contribution is 6.18. The van der Waals surface area contributed by atoms with Crippen molar-refractivity contribution >= 4 is 17.3 Å². The Balaban J connectivity index is 2.68. The lowest BCUT2D eigenvalue weighted by atomic mass is 10.3. The van der Waals surface area contributed by atoms with Gasteiger partial charge in [-0.2, -0.15) is 0 Å². The molecule has 0 aliphatic carbocycles. The van der Waals surface area contributed by atoms with E-state index in [2.05, 4.69) is 0 Å². The van der Waals surface area contributed by atoms with Gasteiger partial charge < -0.3 is 4.74 Å². The maximum absolute atomic E-state index is 8.65. The van der Waals surface area contributed by atoms with E-state index in [4.69, 9.17) is 21.5 Å². The molecule has 3 nitrogen and oxygen atoms in total. The number of para-hydroxylation sites is 2. The standard InChI is InChI=1S/C8H10ClNO2/c9-5-6-12-8-4-2-1-3-7(8)10-11/h1-4,10-11H,5-6H2. The van der Waals surface area contributed by atoms with Crippen molar-refractivity contribution in [2.45, 2.75) is 0 Å². The van der Waals surface area contributed by atoms with Crippen molar-refractivity contribution in [2.75, 3.05) is 18.0 Å². The highest BCUT2D eigenvalue weighted by Gasteiger charge is 1.99. The molecule has 0 radical (unpaired) electrons. The molecule has 0 aromatic heterocycles. The second-order valence-corrected chi connectivity index (χ2v) is 2.52. The smallest absolute Gasteiger partial charge is 0.144 e. The van der Waals surface area contributed by atoms with Crippen LogP contribution >= 0.6 is 11.6 Å². The SMILES string of the molecule is ONc1ccccc1OCCCl. The lowest BCUT2D eigenvalue weighted by Crippen LogP contribution is -2.01. The number of ether oxygens (including phenoxy) is 1. The molecule has 0 aliphatic heterocycles. The second-order valence-electron chi connectivity index (χ2n) is 2.15. The molecule has 0 heterocycles. The third kappa shape index (κ3) is 2.29. The predicted molar refractivity (Wildman–Crippen MR) is 48.1 cm³/mol. The molecule has 0 saturated heterocycles.